The number of unbranched alkanes of at least 4 members (excludes halogenated alkanes) is 2. The van der Waals surface area contributed by atoms with Gasteiger partial charge in [0.05, 0.1) is 30.3 Å². The van der Waals surface area contributed by atoms with Crippen LogP contribution in [0.1, 0.15) is 98.5 Å². The van der Waals surface area contributed by atoms with Gasteiger partial charge in [-0.2, -0.15) is 4.31 Å². The second-order valence-electron chi connectivity index (χ2n) is 16.7. The molecule has 1 fully saturated rings. The zero-order chi connectivity index (χ0) is 41.2. The minimum Gasteiger partial charge on any atom is -0.454 e. The number of amides is 1. The van der Waals surface area contributed by atoms with Crippen LogP contribution in [0.5, 0.6) is 11.5 Å². The van der Waals surface area contributed by atoms with Crippen molar-refractivity contribution in [3.8, 4) is 11.5 Å². The first-order chi connectivity index (χ1) is 26.5. The molecule has 314 valence electrons. The Labute approximate surface area is 339 Å². The molecule has 0 aromatic heterocycles. The predicted molar refractivity (Wildman–Crippen MR) is 220 cm³/mol. The first kappa shape index (κ1) is 47.1. The molecule has 56 heavy (non-hydrogen) atoms. The zero-order valence-corrected chi connectivity index (χ0v) is 35.7. The highest BCUT2D eigenvalue weighted by Gasteiger charge is 2.36. The molecule has 0 spiro atoms. The molecule has 2 aliphatic rings. The maximum atomic E-state index is 14.1. The number of fused-ring (bicyclic) bond motifs is 1. The van der Waals surface area contributed by atoms with Crippen LogP contribution in [0.3, 0.4) is 0 Å². The number of nitrogens with zero attached hydrogens (tertiary/aromatic N) is 4. The van der Waals surface area contributed by atoms with Gasteiger partial charge in [-0.05, 0) is 78.5 Å². The third-order valence-electron chi connectivity index (χ3n) is 9.83. The number of nitrogens with one attached hydrogen (secondary N) is 1. The lowest BCUT2D eigenvalue weighted by Gasteiger charge is -2.35. The normalized spacial score (nSPS) is 16.5. The minimum absolute atomic E-state index is 0.0186. The second-order valence-corrected chi connectivity index (χ2v) is 19.0. The van der Waals surface area contributed by atoms with Gasteiger partial charge >= 0.3 is 6.09 Å². The van der Waals surface area contributed by atoms with Gasteiger partial charge in [-0.1, -0.05) is 89.8 Å². The van der Waals surface area contributed by atoms with Crippen molar-refractivity contribution >= 4 is 27.7 Å². The van der Waals surface area contributed by atoms with Crippen LogP contribution in [-0.2, 0) is 25.9 Å². The van der Waals surface area contributed by atoms with E-state index in [4.69, 9.17) is 36.1 Å². The van der Waals surface area contributed by atoms with Crippen molar-refractivity contribution in [2.75, 3.05) is 45.5 Å². The van der Waals surface area contributed by atoms with Crippen molar-refractivity contribution < 1.29 is 37.3 Å². The molecular weight excluding hydrogens is 758 g/mol. The lowest BCUT2D eigenvalue weighted by Crippen LogP contribution is -2.52. The van der Waals surface area contributed by atoms with Gasteiger partial charge in [-0.3, -0.25) is 0 Å². The molecule has 2 aliphatic heterocycles. The van der Waals surface area contributed by atoms with Crippen LogP contribution in [0, 0.1) is 16.7 Å². The molecule has 2 N–H and O–H groups in total. The van der Waals surface area contributed by atoms with E-state index in [2.05, 4.69) is 43.0 Å². The van der Waals surface area contributed by atoms with Crippen molar-refractivity contribution in [1.29, 1.82) is 0 Å². The van der Waals surface area contributed by atoms with Crippen LogP contribution in [0.15, 0.2) is 58.5 Å². The molecule has 4 rings (SSSR count). The van der Waals surface area contributed by atoms with E-state index in [0.717, 1.165) is 37.2 Å². The largest absolute Gasteiger partial charge is 0.454 e. The number of azide groups is 1. The Kier molecular flexibility index (Phi) is 19.5. The predicted octanol–water partition coefficient (Wildman–Crippen LogP) is 8.87. The van der Waals surface area contributed by atoms with Gasteiger partial charge in [-0.25, -0.2) is 13.2 Å². The molecular formula is C41H64ClN5O8S. The third-order valence-corrected chi connectivity index (χ3v) is 11.9. The molecule has 13 nitrogen and oxygen atoms in total. The van der Waals surface area contributed by atoms with Crippen LogP contribution >= 0.6 is 11.6 Å². The minimum atomic E-state index is -4.08. The van der Waals surface area contributed by atoms with E-state index < -0.39 is 33.7 Å². The highest BCUT2D eigenvalue weighted by molar-refractivity contribution is 7.89. The van der Waals surface area contributed by atoms with Gasteiger partial charge in [0.25, 0.3) is 0 Å². The van der Waals surface area contributed by atoms with Crippen molar-refractivity contribution in [3.63, 3.8) is 0 Å². The summed E-state index contributed by atoms with van der Waals surface area (Å²) in [5.41, 5.74) is 8.99. The molecule has 2 aromatic rings. The average molecular weight is 823 g/mol. The van der Waals surface area contributed by atoms with Crippen molar-refractivity contribution in [2.24, 2.45) is 21.9 Å². The maximum absolute atomic E-state index is 14.1. The number of carbonyl (C=O) groups excluding carboxylic acids is 1. The Bertz CT molecular complexity index is 1630. The molecule has 0 radical (unpaired) electrons. The van der Waals surface area contributed by atoms with Crippen LogP contribution < -0.4 is 14.8 Å². The first-order valence-electron chi connectivity index (χ1n) is 19.8. The van der Waals surface area contributed by atoms with Gasteiger partial charge in [0.1, 0.15) is 6.10 Å². The number of alkyl carbamates (subject to hydrolysis) is 1. The molecule has 2 unspecified atom stereocenters. The second kappa shape index (κ2) is 23.2. The highest BCUT2D eigenvalue weighted by Crippen LogP contribution is 2.36. The molecule has 1 amide bonds. The Morgan fingerprint density at radius 1 is 1.05 bits per heavy atom. The number of ether oxygens (including phenoxy) is 4. The average Bonchev–Trinajstić information content (AvgIpc) is 3.83. The maximum Gasteiger partial charge on any atom is 0.407 e. The van der Waals surface area contributed by atoms with Gasteiger partial charge < -0.3 is 29.4 Å². The fraction of sp³-hybridized carbons (Fsp3) is 0.683. The van der Waals surface area contributed by atoms with E-state index in [1.54, 1.807) is 6.07 Å². The summed E-state index contributed by atoms with van der Waals surface area (Å²) < 4.78 is 51.0. The number of halogens is 1. The molecule has 3 atom stereocenters. The fourth-order valence-corrected chi connectivity index (χ4v) is 9.01. The Balaban J connectivity index is 0.000000511. The van der Waals surface area contributed by atoms with Gasteiger partial charge in [0.2, 0.25) is 16.8 Å². The van der Waals surface area contributed by atoms with Crippen LogP contribution in [-0.4, -0.2) is 87.7 Å². The van der Waals surface area contributed by atoms with E-state index in [-0.39, 0.29) is 37.3 Å². The number of benzene rings is 2. The molecule has 0 aliphatic carbocycles. The summed E-state index contributed by atoms with van der Waals surface area (Å²) in [4.78, 5) is 15.6. The van der Waals surface area contributed by atoms with E-state index >= 15 is 0 Å². The van der Waals surface area contributed by atoms with Crippen molar-refractivity contribution in [1.82, 2.24) is 9.62 Å². The lowest BCUT2D eigenvalue weighted by molar-refractivity contribution is 0.0623. The Hall–Kier alpha value is -3.26. The van der Waals surface area contributed by atoms with Crippen LogP contribution in [0.2, 0.25) is 0 Å². The SMILES string of the molecule is CC(C)(CCCCCl)CN(CC(O)[C@H](Cc1ccccc1)NC(=O)OC1CCOC1)S(=O)(=O)c1ccc2c(c1)OCO2.CC(C)CC(C)(C)CCCCN=[N+]=[N-]. The summed E-state index contributed by atoms with van der Waals surface area (Å²) in [6, 6.07) is 13.1. The summed E-state index contributed by atoms with van der Waals surface area (Å²) in [6.07, 6.45) is 5.66. The number of alkyl halides is 1. The molecule has 15 heteroatoms. The van der Waals surface area contributed by atoms with Crippen LogP contribution in [0.25, 0.3) is 10.4 Å². The Morgan fingerprint density at radius 2 is 1.75 bits per heavy atom. The lowest BCUT2D eigenvalue weighted by atomic mass is 9.80. The Morgan fingerprint density at radius 3 is 2.41 bits per heavy atom. The number of carbonyl (C=O) groups is 1. The fourth-order valence-electron chi connectivity index (χ4n) is 7.16. The number of rotatable bonds is 22. The number of aliphatic hydroxyl groups is 1. The topological polar surface area (TPSA) is 172 Å². The van der Waals surface area contributed by atoms with Gasteiger partial charge in [0, 0.05) is 42.9 Å². The number of hydrogen-bond donors (Lipinski definition) is 2. The molecule has 2 heterocycles. The van der Waals surface area contributed by atoms with E-state index in [1.807, 2.05) is 44.2 Å². The molecule has 1 saturated heterocycles. The van der Waals surface area contributed by atoms with Crippen molar-refractivity contribution in [2.45, 2.75) is 122 Å². The smallest absolute Gasteiger partial charge is 0.407 e. The van der Waals surface area contributed by atoms with E-state index in [0.29, 0.717) is 49.0 Å². The molecule has 0 saturated carbocycles. The third kappa shape index (κ3) is 16.7. The van der Waals surface area contributed by atoms with Crippen molar-refractivity contribution in [3.05, 3.63) is 64.5 Å². The summed E-state index contributed by atoms with van der Waals surface area (Å²) in [5.74, 6) is 2.12. The van der Waals surface area contributed by atoms with E-state index in [1.165, 1.54) is 35.7 Å². The number of sulfonamides is 1. The summed E-state index contributed by atoms with van der Waals surface area (Å²) in [7, 11) is -4.08. The zero-order valence-electron chi connectivity index (χ0n) is 34.1. The molecule has 0 bridgehead atoms. The first-order valence-corrected chi connectivity index (χ1v) is 21.8. The summed E-state index contributed by atoms with van der Waals surface area (Å²) in [6.45, 7) is 14.6. The molecule has 2 aromatic carbocycles. The van der Waals surface area contributed by atoms with Crippen LogP contribution in [0.4, 0.5) is 4.79 Å². The van der Waals surface area contributed by atoms with E-state index in [9.17, 15) is 18.3 Å². The highest BCUT2D eigenvalue weighted by atomic mass is 35.5. The summed E-state index contributed by atoms with van der Waals surface area (Å²) in [5, 5.41) is 17.9. The van der Waals surface area contributed by atoms with Gasteiger partial charge in [0.15, 0.2) is 11.5 Å². The van der Waals surface area contributed by atoms with Gasteiger partial charge in [-0.15, -0.1) is 11.6 Å². The standard InChI is InChI=1S/C30H41ClN2O8S.C11H23N3/c1-30(2,13-6-7-14-31)20-33(42(36,37)24-10-11-27-28(17-24)40-21-39-27)18-26(34)25(16-22-8-4-3-5-9-22)32-29(35)41-23-12-15-38-19-23;1-10(2)9-11(3,4)7-5-6-8-13-14-12/h3-5,8-11,17,23,25-26,34H,6-7,12-16,18-21H2,1-2H3,(H,32,35);10H,5-9H2,1-4H3/t23?,25-,26?;/m0./s1. The monoisotopic (exact) mass is 821 g/mol. The quantitative estimate of drug-likeness (QED) is 0.0390. The number of aliphatic hydroxyl groups excluding tert-OH is 1. The summed E-state index contributed by atoms with van der Waals surface area (Å²) >= 11 is 5.89. The number of hydrogen-bond acceptors (Lipinski definition) is 9.